The van der Waals surface area contributed by atoms with Crippen molar-refractivity contribution in [3.05, 3.63) is 107 Å². The lowest BCUT2D eigenvalue weighted by Crippen LogP contribution is -2.51. The Balaban J connectivity index is 0.924. The van der Waals surface area contributed by atoms with Crippen LogP contribution in [0.3, 0.4) is 0 Å². The second-order valence-electron chi connectivity index (χ2n) is 17.2. The standard InChI is InChI=1S/C47H61FN10O5/c1-31-27-58(44-39(31)24-36(26-53-44)57(17-6-22-59)46(62)52-2)35-13-18-54(19-14-35)30-47(48)15-20-55(21-16-47)45(61)33-11-9-32(10-12-33)34-23-37(63-3)29-56(28-34)41(43(50)51)25-40(49)38-7-4-5-8-42(38)60/h4-5,7-12,22,24-27,34-35,37,60H,6,13-21,23,28-30,49-51H2,1-3H3,(H,52,62)/b40-25-. The van der Waals surface area contributed by atoms with E-state index < -0.39 is 5.67 Å². The number of carbonyl (C=O) groups excluding carboxylic acids is 3. The molecule has 0 bridgehead atoms. The van der Waals surface area contributed by atoms with Crippen LogP contribution < -0.4 is 27.4 Å². The van der Waals surface area contributed by atoms with Gasteiger partial charge in [-0.05, 0) is 73.7 Å². The van der Waals surface area contributed by atoms with E-state index in [-0.39, 0.29) is 67.4 Å². The normalized spacial score (nSPS) is 19.8. The van der Waals surface area contributed by atoms with Gasteiger partial charge in [-0.1, -0.05) is 24.3 Å². The Labute approximate surface area is 368 Å². The largest absolute Gasteiger partial charge is 0.507 e. The summed E-state index contributed by atoms with van der Waals surface area (Å²) < 4.78 is 24.5. The molecule has 3 aliphatic rings. The van der Waals surface area contributed by atoms with Gasteiger partial charge in [0.2, 0.25) is 0 Å². The number of phenols is 1. The van der Waals surface area contributed by atoms with Crippen molar-refractivity contribution in [2.24, 2.45) is 17.2 Å². The number of alkyl halides is 1. The number of para-hydroxylation sites is 1. The predicted molar refractivity (Wildman–Crippen MR) is 242 cm³/mol. The Kier molecular flexibility index (Phi) is 13.9. The van der Waals surface area contributed by atoms with Gasteiger partial charge in [0.1, 0.15) is 29.2 Å². The van der Waals surface area contributed by atoms with Crippen LogP contribution in [0, 0.1) is 6.92 Å². The van der Waals surface area contributed by atoms with Crippen LogP contribution >= 0.6 is 0 Å². The number of benzene rings is 2. The predicted octanol–water partition coefficient (Wildman–Crippen LogP) is 4.96. The Morgan fingerprint density at radius 2 is 1.75 bits per heavy atom. The zero-order valence-corrected chi connectivity index (χ0v) is 36.5. The molecule has 8 N–H and O–H groups in total. The number of anilines is 1. The quantitative estimate of drug-likeness (QED) is 0.0899. The van der Waals surface area contributed by atoms with Gasteiger partial charge < -0.3 is 56.4 Å². The molecule has 2 aromatic heterocycles. The van der Waals surface area contributed by atoms with Crippen LogP contribution in [-0.4, -0.2) is 126 Å². The second kappa shape index (κ2) is 19.5. The number of urea groups is 1. The molecule has 0 saturated carbocycles. The molecular formula is C47H61FN10O5. The number of fused-ring (bicyclic) bond motifs is 1. The van der Waals surface area contributed by atoms with Crippen molar-refractivity contribution >= 4 is 40.6 Å². The van der Waals surface area contributed by atoms with E-state index in [0.29, 0.717) is 60.9 Å². The van der Waals surface area contributed by atoms with E-state index >= 15 is 4.39 Å². The zero-order valence-electron chi connectivity index (χ0n) is 36.5. The Morgan fingerprint density at radius 1 is 1.03 bits per heavy atom. The van der Waals surface area contributed by atoms with E-state index in [2.05, 4.69) is 21.0 Å². The maximum absolute atomic E-state index is 16.4. The Hall–Kier alpha value is -6.13. The number of halogens is 1. The first-order valence-corrected chi connectivity index (χ1v) is 21.8. The first-order valence-electron chi connectivity index (χ1n) is 21.8. The molecule has 2 aromatic carbocycles. The maximum atomic E-state index is 16.4. The van der Waals surface area contributed by atoms with E-state index in [9.17, 15) is 19.5 Å². The number of piperidine rings is 3. The summed E-state index contributed by atoms with van der Waals surface area (Å²) in [6, 6.07) is 16.3. The molecule has 63 heavy (non-hydrogen) atoms. The highest BCUT2D eigenvalue weighted by Crippen LogP contribution is 2.36. The number of pyridine rings is 1. The highest BCUT2D eigenvalue weighted by atomic mass is 19.1. The summed E-state index contributed by atoms with van der Waals surface area (Å²) in [5.74, 6) is 0.0904. The summed E-state index contributed by atoms with van der Waals surface area (Å²) in [4.78, 5) is 49.6. The number of aromatic nitrogens is 2. The summed E-state index contributed by atoms with van der Waals surface area (Å²) >= 11 is 0. The van der Waals surface area contributed by atoms with Crippen LogP contribution in [0.5, 0.6) is 5.75 Å². The molecule has 3 saturated heterocycles. The van der Waals surface area contributed by atoms with Crippen molar-refractivity contribution < 1.29 is 28.6 Å². The number of ether oxygens (including phenoxy) is 1. The number of allylic oxidation sites excluding steroid dienone is 1. The van der Waals surface area contributed by atoms with Crippen LogP contribution in [-0.2, 0) is 9.53 Å². The molecule has 2 atom stereocenters. The van der Waals surface area contributed by atoms with Gasteiger partial charge in [0.05, 0.1) is 23.7 Å². The number of nitrogens with one attached hydrogen (secondary N) is 1. The fourth-order valence-electron chi connectivity index (χ4n) is 9.44. The number of nitrogens with two attached hydrogens (primary N) is 3. The van der Waals surface area contributed by atoms with E-state index in [4.69, 9.17) is 26.9 Å². The molecule has 0 aliphatic carbocycles. The SMILES string of the molecule is CNC(=O)N(CCC=O)c1cnc2c(c1)c(C)cn2C1CCN(CC2(F)CCN(C(=O)c3ccc(C4CC(OC)CN(C(/C=C(\N)c5ccccc5O)=C(N)N)C4)cc3)CC2)CC1. The molecule has 5 heterocycles. The minimum Gasteiger partial charge on any atom is -0.507 e. The summed E-state index contributed by atoms with van der Waals surface area (Å²) in [6.45, 7) is 5.96. The average Bonchev–Trinajstić information content (AvgIpc) is 3.63. The molecule has 16 heteroatoms. The molecule has 4 aromatic rings. The zero-order chi connectivity index (χ0) is 44.8. The summed E-state index contributed by atoms with van der Waals surface area (Å²) in [7, 11) is 3.24. The molecular weight excluding hydrogens is 804 g/mol. The monoisotopic (exact) mass is 864 g/mol. The number of carbonyl (C=O) groups is 3. The van der Waals surface area contributed by atoms with E-state index in [1.807, 2.05) is 42.2 Å². The van der Waals surface area contributed by atoms with Crippen molar-refractivity contribution in [2.45, 2.75) is 69.2 Å². The van der Waals surface area contributed by atoms with Gasteiger partial charge >= 0.3 is 6.03 Å². The van der Waals surface area contributed by atoms with Crippen LogP contribution in [0.25, 0.3) is 16.7 Å². The minimum absolute atomic E-state index is 0.0409. The van der Waals surface area contributed by atoms with Crippen molar-refractivity contribution in [2.75, 3.05) is 71.4 Å². The number of hydrogen-bond acceptors (Lipinski definition) is 11. The van der Waals surface area contributed by atoms with Crippen molar-refractivity contribution in [3.8, 4) is 5.75 Å². The van der Waals surface area contributed by atoms with Crippen molar-refractivity contribution in [1.82, 2.24) is 29.6 Å². The maximum Gasteiger partial charge on any atom is 0.321 e. The van der Waals surface area contributed by atoms with E-state index in [1.54, 1.807) is 55.6 Å². The lowest BCUT2D eigenvalue weighted by molar-refractivity contribution is -0.107. The van der Waals surface area contributed by atoms with Crippen LogP contribution in [0.15, 0.2) is 84.6 Å². The van der Waals surface area contributed by atoms with Gasteiger partial charge in [0.25, 0.3) is 5.91 Å². The molecule has 0 spiro atoms. The van der Waals surface area contributed by atoms with Crippen LogP contribution in [0.4, 0.5) is 14.9 Å². The number of methoxy groups -OCH3 is 1. The van der Waals surface area contributed by atoms with Crippen LogP contribution in [0.1, 0.15) is 77.5 Å². The highest BCUT2D eigenvalue weighted by Gasteiger charge is 2.39. The number of aldehydes is 1. The second-order valence-corrected chi connectivity index (χ2v) is 17.2. The summed E-state index contributed by atoms with van der Waals surface area (Å²) in [5.41, 5.74) is 22.9. The third kappa shape index (κ3) is 10.1. The molecule has 15 nitrogen and oxygen atoms in total. The topological polar surface area (TPSA) is 202 Å². The van der Waals surface area contributed by atoms with Gasteiger partial charge in [-0.3, -0.25) is 9.69 Å². The molecule has 0 radical (unpaired) electrons. The van der Waals surface area contributed by atoms with Gasteiger partial charge in [-0.25, -0.2) is 14.2 Å². The van der Waals surface area contributed by atoms with E-state index in [0.717, 1.165) is 60.8 Å². The highest BCUT2D eigenvalue weighted by molar-refractivity contribution is 5.95. The summed E-state index contributed by atoms with van der Waals surface area (Å²) in [5, 5.41) is 13.9. The number of aromatic hydroxyl groups is 1. The van der Waals surface area contributed by atoms with Gasteiger partial charge in [-0.15, -0.1) is 0 Å². The van der Waals surface area contributed by atoms with Gasteiger partial charge in [0, 0.05) is 126 Å². The third-order valence-corrected chi connectivity index (χ3v) is 13.0. The van der Waals surface area contributed by atoms with Crippen LogP contribution in [0.2, 0.25) is 0 Å². The number of amides is 3. The van der Waals surface area contributed by atoms with E-state index in [1.165, 1.54) is 4.90 Å². The minimum atomic E-state index is -1.38. The number of phenolic OH excluding ortho intramolecular Hbond substituents is 1. The number of hydrogen-bond donors (Lipinski definition) is 5. The Bertz CT molecular complexity index is 2330. The average molecular weight is 865 g/mol. The first-order chi connectivity index (χ1) is 30.3. The number of nitrogens with zero attached hydrogens (tertiary/aromatic N) is 6. The molecule has 3 amide bonds. The van der Waals surface area contributed by atoms with Crippen molar-refractivity contribution in [3.63, 3.8) is 0 Å². The lowest BCUT2D eigenvalue weighted by atomic mass is 9.88. The first kappa shape index (κ1) is 44.9. The molecule has 7 rings (SSSR count). The third-order valence-electron chi connectivity index (χ3n) is 13.0. The number of aryl methyl sites for hydroxylation is 1. The van der Waals surface area contributed by atoms with Gasteiger partial charge in [0.15, 0.2) is 0 Å². The summed E-state index contributed by atoms with van der Waals surface area (Å²) in [6.07, 6.45) is 9.39. The lowest BCUT2D eigenvalue weighted by Gasteiger charge is -2.41. The number of rotatable bonds is 13. The smallest absolute Gasteiger partial charge is 0.321 e. The molecule has 3 fully saturated rings. The fraction of sp³-hybridized carbons (Fsp3) is 0.447. The Morgan fingerprint density at radius 3 is 2.40 bits per heavy atom. The molecule has 2 unspecified atom stereocenters. The fourth-order valence-corrected chi connectivity index (χ4v) is 9.44. The van der Waals surface area contributed by atoms with Gasteiger partial charge in [-0.2, -0.15) is 0 Å². The molecule has 3 aliphatic heterocycles. The number of likely N-dealkylation sites (tertiary alicyclic amines) is 3. The van der Waals surface area contributed by atoms with Crippen molar-refractivity contribution in [1.29, 1.82) is 0 Å². The molecule has 336 valence electrons.